The van der Waals surface area contributed by atoms with Crippen molar-refractivity contribution in [3.63, 3.8) is 0 Å². The largest absolute Gasteiger partial charge is 0.480 e. The molecule has 1 atom stereocenters. The number of nitrogens with two attached hydrogens (primary N) is 1. The van der Waals surface area contributed by atoms with Crippen molar-refractivity contribution in [2.24, 2.45) is 5.14 Å². The Kier molecular flexibility index (Phi) is 4.05. The van der Waals surface area contributed by atoms with E-state index in [0.717, 1.165) is 0 Å². The van der Waals surface area contributed by atoms with Gasteiger partial charge < -0.3 is 15.5 Å². The van der Waals surface area contributed by atoms with Crippen LogP contribution in [0.5, 0.6) is 0 Å². The van der Waals surface area contributed by atoms with E-state index >= 15 is 0 Å². The quantitative estimate of drug-likeness (QED) is 0.548. The first-order valence-electron chi connectivity index (χ1n) is 4.57. The fourth-order valence-electron chi connectivity index (χ4n) is 1.15. The van der Waals surface area contributed by atoms with Crippen LogP contribution in [0.15, 0.2) is 29.2 Å². The van der Waals surface area contributed by atoms with Crippen molar-refractivity contribution in [1.29, 1.82) is 0 Å². The van der Waals surface area contributed by atoms with Gasteiger partial charge in [0.2, 0.25) is 10.0 Å². The smallest absolute Gasteiger partial charge is 0.328 e. The minimum absolute atomic E-state index is 0.135. The molecular formula is C9H12N2O5S. The molecule has 0 fully saturated rings. The van der Waals surface area contributed by atoms with Crippen LogP contribution in [0.3, 0.4) is 0 Å². The van der Waals surface area contributed by atoms with Crippen molar-refractivity contribution in [3.8, 4) is 0 Å². The average molecular weight is 260 g/mol. The normalized spacial score (nSPS) is 13.1. The van der Waals surface area contributed by atoms with E-state index in [-0.39, 0.29) is 10.6 Å². The second-order valence-electron chi connectivity index (χ2n) is 3.29. The number of sulfonamides is 1. The summed E-state index contributed by atoms with van der Waals surface area (Å²) in [5.74, 6) is -1.24. The molecule has 1 rings (SSSR count). The summed E-state index contributed by atoms with van der Waals surface area (Å²) in [7, 11) is -3.84. The number of nitrogens with one attached hydrogen (secondary N) is 1. The number of benzene rings is 1. The van der Waals surface area contributed by atoms with Crippen LogP contribution in [0.2, 0.25) is 0 Å². The Morgan fingerprint density at radius 1 is 1.47 bits per heavy atom. The zero-order chi connectivity index (χ0) is 13.1. The maximum Gasteiger partial charge on any atom is 0.328 e. The third kappa shape index (κ3) is 3.70. The van der Waals surface area contributed by atoms with Crippen LogP contribution in [-0.2, 0) is 14.8 Å². The summed E-state index contributed by atoms with van der Waals surface area (Å²) in [6.45, 7) is -0.616. The van der Waals surface area contributed by atoms with Gasteiger partial charge in [0.1, 0.15) is 6.04 Å². The summed E-state index contributed by atoms with van der Waals surface area (Å²) in [5, 5.41) is 24.9. The van der Waals surface area contributed by atoms with Gasteiger partial charge in [0.25, 0.3) is 0 Å². The van der Waals surface area contributed by atoms with Crippen molar-refractivity contribution >= 4 is 21.7 Å². The molecule has 0 aliphatic heterocycles. The van der Waals surface area contributed by atoms with Gasteiger partial charge in [-0.1, -0.05) is 6.07 Å². The summed E-state index contributed by atoms with van der Waals surface area (Å²) >= 11 is 0. The van der Waals surface area contributed by atoms with Crippen molar-refractivity contribution in [2.45, 2.75) is 10.9 Å². The number of rotatable bonds is 5. The molecule has 17 heavy (non-hydrogen) atoms. The molecule has 1 aromatic rings. The molecular weight excluding hydrogens is 248 g/mol. The van der Waals surface area contributed by atoms with Gasteiger partial charge in [0.05, 0.1) is 11.5 Å². The summed E-state index contributed by atoms with van der Waals surface area (Å²) in [5.41, 5.74) is 0.248. The SMILES string of the molecule is NS(=O)(=O)c1cccc(N[C@@H](CO)C(=O)O)c1. The van der Waals surface area contributed by atoms with Gasteiger partial charge in [-0.2, -0.15) is 0 Å². The third-order valence-electron chi connectivity index (χ3n) is 1.98. The first-order valence-corrected chi connectivity index (χ1v) is 6.12. The van der Waals surface area contributed by atoms with E-state index in [1.165, 1.54) is 24.3 Å². The molecule has 0 aromatic heterocycles. The van der Waals surface area contributed by atoms with Crippen LogP contribution < -0.4 is 10.5 Å². The minimum atomic E-state index is -3.84. The summed E-state index contributed by atoms with van der Waals surface area (Å²) in [6, 6.07) is 4.17. The molecule has 0 bridgehead atoms. The number of carboxylic acids is 1. The van der Waals surface area contributed by atoms with E-state index in [2.05, 4.69) is 5.32 Å². The highest BCUT2D eigenvalue weighted by Gasteiger charge is 2.16. The highest BCUT2D eigenvalue weighted by atomic mass is 32.2. The molecule has 7 nitrogen and oxygen atoms in total. The van der Waals surface area contributed by atoms with Crippen LogP contribution >= 0.6 is 0 Å². The predicted octanol–water partition coefficient (Wildman–Crippen LogP) is -0.809. The highest BCUT2D eigenvalue weighted by Crippen LogP contribution is 2.14. The predicted molar refractivity (Wildman–Crippen MR) is 59.9 cm³/mol. The van der Waals surface area contributed by atoms with Crippen LogP contribution in [0, 0.1) is 0 Å². The Bertz CT molecular complexity index is 514. The van der Waals surface area contributed by atoms with Crippen LogP contribution in [-0.4, -0.2) is 37.2 Å². The van der Waals surface area contributed by atoms with Crippen molar-refractivity contribution in [2.75, 3.05) is 11.9 Å². The second kappa shape index (κ2) is 5.13. The molecule has 0 saturated carbocycles. The molecule has 1 aromatic carbocycles. The molecule has 0 heterocycles. The maximum atomic E-state index is 11.1. The number of carboxylic acid groups (broad SMARTS) is 1. The van der Waals surface area contributed by atoms with E-state index in [1.54, 1.807) is 0 Å². The fourth-order valence-corrected chi connectivity index (χ4v) is 1.71. The second-order valence-corrected chi connectivity index (χ2v) is 4.85. The number of primary sulfonamides is 1. The topological polar surface area (TPSA) is 130 Å². The number of carbonyl (C=O) groups is 1. The molecule has 94 valence electrons. The Balaban J connectivity index is 2.97. The van der Waals surface area contributed by atoms with Gasteiger partial charge in [0, 0.05) is 5.69 Å². The Morgan fingerprint density at radius 3 is 2.59 bits per heavy atom. The highest BCUT2D eigenvalue weighted by molar-refractivity contribution is 7.89. The third-order valence-corrected chi connectivity index (χ3v) is 2.90. The lowest BCUT2D eigenvalue weighted by Gasteiger charge is -2.13. The zero-order valence-electron chi connectivity index (χ0n) is 8.70. The molecule has 0 aliphatic carbocycles. The van der Waals surface area contributed by atoms with Crippen LogP contribution in [0.4, 0.5) is 5.69 Å². The van der Waals surface area contributed by atoms with Gasteiger partial charge in [-0.15, -0.1) is 0 Å². The Labute approximate surface area is 97.9 Å². The van der Waals surface area contributed by atoms with Crippen LogP contribution in [0.25, 0.3) is 0 Å². The first-order chi connectivity index (χ1) is 7.84. The van der Waals surface area contributed by atoms with Gasteiger partial charge >= 0.3 is 5.97 Å². The molecule has 0 saturated heterocycles. The fraction of sp³-hybridized carbons (Fsp3) is 0.222. The lowest BCUT2D eigenvalue weighted by molar-refractivity contribution is -0.138. The summed E-state index contributed by atoms with van der Waals surface area (Å²) < 4.78 is 22.1. The number of anilines is 1. The van der Waals surface area contributed by atoms with E-state index in [4.69, 9.17) is 15.4 Å². The molecule has 5 N–H and O–H groups in total. The van der Waals surface area contributed by atoms with Crippen molar-refractivity contribution < 1.29 is 23.4 Å². The molecule has 0 aliphatic rings. The van der Waals surface area contributed by atoms with E-state index in [0.29, 0.717) is 0 Å². The molecule has 0 unspecified atom stereocenters. The lowest BCUT2D eigenvalue weighted by Crippen LogP contribution is -2.32. The monoisotopic (exact) mass is 260 g/mol. The van der Waals surface area contributed by atoms with Crippen molar-refractivity contribution in [1.82, 2.24) is 0 Å². The maximum absolute atomic E-state index is 11.1. The van der Waals surface area contributed by atoms with Gasteiger partial charge in [-0.05, 0) is 18.2 Å². The summed E-state index contributed by atoms with van der Waals surface area (Å²) in [4.78, 5) is 10.5. The van der Waals surface area contributed by atoms with E-state index < -0.39 is 28.6 Å². The number of hydrogen-bond acceptors (Lipinski definition) is 5. The number of aliphatic carboxylic acids is 1. The number of aliphatic hydroxyl groups excluding tert-OH is 1. The molecule has 8 heteroatoms. The van der Waals surface area contributed by atoms with E-state index in [9.17, 15) is 13.2 Å². The molecule has 0 spiro atoms. The lowest BCUT2D eigenvalue weighted by atomic mass is 10.2. The number of aliphatic hydroxyl groups is 1. The molecule has 0 radical (unpaired) electrons. The first kappa shape index (κ1) is 13.4. The van der Waals surface area contributed by atoms with E-state index in [1.807, 2.05) is 0 Å². The summed E-state index contributed by atoms with van der Waals surface area (Å²) in [6.07, 6.45) is 0. The minimum Gasteiger partial charge on any atom is -0.480 e. The molecule has 0 amide bonds. The standard InChI is InChI=1S/C9H12N2O5S/c10-17(15,16)7-3-1-2-6(4-7)11-8(5-12)9(13)14/h1-4,8,11-12H,5H2,(H,13,14)(H2,10,15,16)/t8-/m0/s1. The average Bonchev–Trinajstić information content (AvgIpc) is 2.24. The Hall–Kier alpha value is -1.64. The van der Waals surface area contributed by atoms with Crippen LogP contribution in [0.1, 0.15) is 0 Å². The van der Waals surface area contributed by atoms with Gasteiger partial charge in [-0.25, -0.2) is 18.4 Å². The Morgan fingerprint density at radius 2 is 2.12 bits per heavy atom. The van der Waals surface area contributed by atoms with Gasteiger partial charge in [0.15, 0.2) is 0 Å². The van der Waals surface area contributed by atoms with Crippen molar-refractivity contribution in [3.05, 3.63) is 24.3 Å². The zero-order valence-corrected chi connectivity index (χ0v) is 9.52. The van der Waals surface area contributed by atoms with Gasteiger partial charge in [-0.3, -0.25) is 0 Å². The number of hydrogen-bond donors (Lipinski definition) is 4.